The quantitative estimate of drug-likeness (QED) is 0.635. The average molecular weight is 274 g/mol. The average Bonchev–Trinajstić information content (AvgIpc) is 2.25. The molecule has 0 N–H and O–H groups in total. The molecule has 2 unspecified atom stereocenters. The van der Waals surface area contributed by atoms with Crippen LogP contribution in [0.4, 0.5) is 13.2 Å². The molecule has 18 heavy (non-hydrogen) atoms. The summed E-state index contributed by atoms with van der Waals surface area (Å²) >= 11 is 0. The van der Waals surface area contributed by atoms with Gasteiger partial charge in [0, 0.05) is 8.07 Å². The Hall–Kier alpha value is -0.773. The smallest absolute Gasteiger partial charge is 0.166 e. The Kier molecular flexibility index (Phi) is 4.31. The predicted octanol–water partition coefficient (Wildman–Crippen LogP) is 5.54. The topological polar surface area (TPSA) is 0 Å². The van der Waals surface area contributed by atoms with Gasteiger partial charge in [-0.1, -0.05) is 45.6 Å². The van der Waals surface area contributed by atoms with Gasteiger partial charge in [0.1, 0.15) is 0 Å². The number of halogens is 3. The third kappa shape index (κ3) is 3.61. The minimum atomic E-state index is -4.24. The van der Waals surface area contributed by atoms with E-state index in [0.717, 1.165) is 5.56 Å². The van der Waals surface area contributed by atoms with Crippen LogP contribution in [-0.2, 0) is 6.18 Å². The van der Waals surface area contributed by atoms with Crippen LogP contribution in [0.1, 0.15) is 30.9 Å². The van der Waals surface area contributed by atoms with Crippen molar-refractivity contribution in [3.8, 4) is 0 Å². The van der Waals surface area contributed by atoms with E-state index >= 15 is 0 Å². The first-order chi connectivity index (χ1) is 8.03. The monoisotopic (exact) mass is 274 g/mol. The lowest BCUT2D eigenvalue weighted by Gasteiger charge is -2.31. The first kappa shape index (κ1) is 15.3. The van der Waals surface area contributed by atoms with Gasteiger partial charge in [-0.05, 0) is 29.2 Å². The molecule has 0 aliphatic carbocycles. The second kappa shape index (κ2) is 5.08. The molecule has 1 aromatic rings. The fourth-order valence-corrected chi connectivity index (χ4v) is 3.71. The van der Waals surface area contributed by atoms with E-state index in [-0.39, 0.29) is 0 Å². The zero-order chi connectivity index (χ0) is 14.1. The van der Waals surface area contributed by atoms with Crippen molar-refractivity contribution < 1.29 is 13.2 Å². The third-order valence-corrected chi connectivity index (χ3v) is 7.11. The first-order valence-corrected chi connectivity index (χ1v) is 9.78. The molecule has 0 saturated heterocycles. The molecule has 0 heterocycles. The van der Waals surface area contributed by atoms with Gasteiger partial charge in [0.2, 0.25) is 0 Å². The Labute approximate surface area is 108 Å². The maximum Gasteiger partial charge on any atom is 0.416 e. The number of hydrogen-bond donors (Lipinski definition) is 0. The molecule has 0 spiro atoms. The van der Waals surface area contributed by atoms with E-state index in [1.807, 2.05) is 0 Å². The lowest BCUT2D eigenvalue weighted by Crippen LogP contribution is -2.29. The normalized spacial score (nSPS) is 16.4. The highest BCUT2D eigenvalue weighted by Gasteiger charge is 2.31. The van der Waals surface area contributed by atoms with E-state index in [1.165, 1.54) is 12.1 Å². The summed E-state index contributed by atoms with van der Waals surface area (Å²) in [6.45, 7) is 11.2. The summed E-state index contributed by atoms with van der Waals surface area (Å²) in [6, 6.07) is 5.60. The lowest BCUT2D eigenvalue weighted by atomic mass is 9.97. The van der Waals surface area contributed by atoms with E-state index in [1.54, 1.807) is 12.1 Å². The van der Waals surface area contributed by atoms with E-state index in [2.05, 4.69) is 33.5 Å². The molecule has 0 amide bonds. The number of rotatable bonds is 3. The van der Waals surface area contributed by atoms with Crippen LogP contribution in [0.2, 0.25) is 25.2 Å². The zero-order valence-electron chi connectivity index (χ0n) is 11.6. The van der Waals surface area contributed by atoms with Gasteiger partial charge in [0.05, 0.1) is 5.56 Å². The van der Waals surface area contributed by atoms with E-state index < -0.39 is 19.8 Å². The van der Waals surface area contributed by atoms with Crippen LogP contribution >= 0.6 is 0 Å². The van der Waals surface area contributed by atoms with E-state index in [9.17, 15) is 13.2 Å². The molecule has 0 aliphatic rings. The van der Waals surface area contributed by atoms with Crippen LogP contribution in [0, 0.1) is 0 Å². The van der Waals surface area contributed by atoms with Crippen molar-refractivity contribution in [1.29, 1.82) is 0 Å². The predicted molar refractivity (Wildman–Crippen MR) is 72.6 cm³/mol. The van der Waals surface area contributed by atoms with Gasteiger partial charge in [-0.2, -0.15) is 13.2 Å². The summed E-state index contributed by atoms with van der Waals surface area (Å²) < 4.78 is 37.4. The summed E-state index contributed by atoms with van der Waals surface area (Å²) in [5, 5.41) is 0. The Morgan fingerprint density at radius 2 is 1.39 bits per heavy atom. The standard InChI is InChI=1S/C14H21F3Si/c1-10(11(2)18(3,4)5)12-6-8-13(9-7-12)14(15,16)17/h6-11H,1-5H3. The second-order valence-electron chi connectivity index (χ2n) is 6.06. The van der Waals surface area contributed by atoms with E-state index in [4.69, 9.17) is 0 Å². The van der Waals surface area contributed by atoms with Crippen LogP contribution < -0.4 is 0 Å². The Morgan fingerprint density at radius 3 is 1.72 bits per heavy atom. The van der Waals surface area contributed by atoms with Gasteiger partial charge in [-0.15, -0.1) is 0 Å². The SMILES string of the molecule is CC(c1ccc(C(F)(F)F)cc1)C(C)[Si](C)(C)C. The summed E-state index contributed by atoms with van der Waals surface area (Å²) in [5.74, 6) is 0.305. The van der Waals surface area contributed by atoms with Gasteiger partial charge in [0.15, 0.2) is 0 Å². The third-order valence-electron chi connectivity index (χ3n) is 3.88. The fraction of sp³-hybridized carbons (Fsp3) is 0.571. The number of benzene rings is 1. The van der Waals surface area contributed by atoms with E-state index in [0.29, 0.717) is 11.5 Å². The lowest BCUT2D eigenvalue weighted by molar-refractivity contribution is -0.137. The minimum absolute atomic E-state index is 0.305. The van der Waals surface area contributed by atoms with Gasteiger partial charge in [0.25, 0.3) is 0 Å². The molecule has 0 saturated carbocycles. The van der Waals surface area contributed by atoms with Gasteiger partial charge >= 0.3 is 6.18 Å². The van der Waals surface area contributed by atoms with Crippen LogP contribution in [0.5, 0.6) is 0 Å². The van der Waals surface area contributed by atoms with Crippen LogP contribution in [0.25, 0.3) is 0 Å². The van der Waals surface area contributed by atoms with Crippen molar-refractivity contribution in [3.63, 3.8) is 0 Å². The highest BCUT2D eigenvalue weighted by atomic mass is 28.3. The Morgan fingerprint density at radius 1 is 0.944 bits per heavy atom. The largest absolute Gasteiger partial charge is 0.416 e. The molecule has 102 valence electrons. The highest BCUT2D eigenvalue weighted by molar-refractivity contribution is 6.77. The fourth-order valence-electron chi connectivity index (χ4n) is 2.01. The molecule has 2 atom stereocenters. The van der Waals surface area contributed by atoms with Crippen molar-refractivity contribution in [2.45, 2.75) is 51.1 Å². The van der Waals surface area contributed by atoms with Crippen molar-refractivity contribution in [3.05, 3.63) is 35.4 Å². The van der Waals surface area contributed by atoms with Crippen LogP contribution in [-0.4, -0.2) is 8.07 Å². The maximum absolute atomic E-state index is 12.5. The molecule has 0 radical (unpaired) electrons. The van der Waals surface area contributed by atoms with Crippen molar-refractivity contribution in [1.82, 2.24) is 0 Å². The van der Waals surface area contributed by atoms with Crippen molar-refractivity contribution >= 4 is 8.07 Å². The molecule has 0 fully saturated rings. The summed E-state index contributed by atoms with van der Waals surface area (Å²) in [6.07, 6.45) is -4.24. The zero-order valence-corrected chi connectivity index (χ0v) is 12.6. The maximum atomic E-state index is 12.5. The van der Waals surface area contributed by atoms with Crippen LogP contribution in [0.15, 0.2) is 24.3 Å². The summed E-state index contributed by atoms with van der Waals surface area (Å²) in [7, 11) is -1.28. The number of alkyl halides is 3. The Bertz CT molecular complexity index is 387. The second-order valence-corrected chi connectivity index (χ2v) is 11.7. The molecule has 4 heteroatoms. The minimum Gasteiger partial charge on any atom is -0.166 e. The molecular weight excluding hydrogens is 253 g/mol. The molecule has 1 rings (SSSR count). The van der Waals surface area contributed by atoms with Gasteiger partial charge in [-0.3, -0.25) is 0 Å². The summed E-state index contributed by atoms with van der Waals surface area (Å²) in [4.78, 5) is 0. The molecule has 0 aromatic heterocycles. The Balaban J connectivity index is 2.93. The van der Waals surface area contributed by atoms with Gasteiger partial charge < -0.3 is 0 Å². The molecule has 0 nitrogen and oxygen atoms in total. The summed E-state index contributed by atoms with van der Waals surface area (Å²) in [5.41, 5.74) is 0.964. The molecule has 0 bridgehead atoms. The molecule has 1 aromatic carbocycles. The molecule has 0 aliphatic heterocycles. The van der Waals surface area contributed by atoms with Crippen molar-refractivity contribution in [2.24, 2.45) is 0 Å². The molecular formula is C14H21F3Si. The number of hydrogen-bond acceptors (Lipinski definition) is 0. The first-order valence-electron chi connectivity index (χ1n) is 6.20. The van der Waals surface area contributed by atoms with Gasteiger partial charge in [-0.25, -0.2) is 0 Å². The van der Waals surface area contributed by atoms with Crippen LogP contribution in [0.3, 0.4) is 0 Å². The highest BCUT2D eigenvalue weighted by Crippen LogP contribution is 2.37. The van der Waals surface area contributed by atoms with Crippen molar-refractivity contribution in [2.75, 3.05) is 0 Å².